The van der Waals surface area contributed by atoms with Crippen molar-refractivity contribution in [3.63, 3.8) is 0 Å². The van der Waals surface area contributed by atoms with Gasteiger partial charge in [0.05, 0.1) is 10.2 Å². The first kappa shape index (κ1) is 16.2. The molecule has 2 N–H and O–H groups in total. The molecule has 0 radical (unpaired) electrons. The zero-order chi connectivity index (χ0) is 15.2. The molecule has 2 amide bonds. The highest BCUT2D eigenvalue weighted by molar-refractivity contribution is 9.10. The van der Waals surface area contributed by atoms with Crippen molar-refractivity contribution >= 4 is 48.6 Å². The second-order valence-corrected chi connectivity index (χ2v) is 6.49. The predicted molar refractivity (Wildman–Crippen MR) is 92.1 cm³/mol. The minimum atomic E-state index is -0.208. The smallest absolute Gasteiger partial charge is 0.321 e. The van der Waals surface area contributed by atoms with Crippen molar-refractivity contribution < 1.29 is 4.79 Å². The number of fused-ring (bicyclic) bond motifs is 1. The van der Waals surface area contributed by atoms with Crippen LogP contribution in [0.5, 0.6) is 0 Å². The Hall–Kier alpha value is -1.18. The number of hydrogen-bond donors (Lipinski definition) is 2. The van der Waals surface area contributed by atoms with Crippen molar-refractivity contribution in [1.82, 2.24) is 15.2 Å². The molecule has 0 aliphatic carbocycles. The van der Waals surface area contributed by atoms with Gasteiger partial charge in [-0.25, -0.2) is 9.78 Å². The van der Waals surface area contributed by atoms with Crippen molar-refractivity contribution in [2.45, 2.75) is 13.8 Å². The summed E-state index contributed by atoms with van der Waals surface area (Å²) in [5.41, 5.74) is 0.890. The zero-order valence-electron chi connectivity index (χ0n) is 12.1. The Bertz CT molecular complexity index is 612. The van der Waals surface area contributed by atoms with Crippen LogP contribution in [-0.2, 0) is 0 Å². The fraction of sp³-hybridized carbons (Fsp3) is 0.429. The quantitative estimate of drug-likeness (QED) is 0.817. The first-order valence-corrected chi connectivity index (χ1v) is 8.56. The number of likely N-dealkylation sites (N-methyl/N-ethyl adjacent to an activating group) is 1. The molecule has 0 unspecified atom stereocenters. The van der Waals surface area contributed by atoms with Crippen molar-refractivity contribution in [2.75, 3.05) is 31.5 Å². The fourth-order valence-electron chi connectivity index (χ4n) is 1.96. The Morgan fingerprint density at radius 1 is 1.38 bits per heavy atom. The van der Waals surface area contributed by atoms with Gasteiger partial charge in [0, 0.05) is 17.6 Å². The summed E-state index contributed by atoms with van der Waals surface area (Å²) in [6.07, 6.45) is 0. The Morgan fingerprint density at radius 2 is 2.14 bits per heavy atom. The van der Waals surface area contributed by atoms with Crippen LogP contribution in [-0.4, -0.2) is 42.1 Å². The molecular formula is C14H19BrN4OS. The maximum absolute atomic E-state index is 11.8. The lowest BCUT2D eigenvalue weighted by Crippen LogP contribution is -2.36. The number of hydrogen-bond acceptors (Lipinski definition) is 4. The molecule has 2 rings (SSSR count). The highest BCUT2D eigenvalue weighted by Crippen LogP contribution is 2.28. The Labute approximate surface area is 136 Å². The third-order valence-corrected chi connectivity index (χ3v) is 4.61. The van der Waals surface area contributed by atoms with Gasteiger partial charge in [-0.1, -0.05) is 41.1 Å². The Morgan fingerprint density at radius 3 is 2.86 bits per heavy atom. The van der Waals surface area contributed by atoms with Crippen molar-refractivity contribution in [3.05, 3.63) is 22.7 Å². The summed E-state index contributed by atoms with van der Waals surface area (Å²) < 4.78 is 2.05. The number of amides is 2. The van der Waals surface area contributed by atoms with Crippen LogP contribution in [0.1, 0.15) is 13.8 Å². The minimum absolute atomic E-state index is 0.208. The van der Waals surface area contributed by atoms with Crippen LogP contribution in [0.4, 0.5) is 9.93 Å². The topological polar surface area (TPSA) is 57.3 Å². The monoisotopic (exact) mass is 370 g/mol. The summed E-state index contributed by atoms with van der Waals surface area (Å²) in [7, 11) is 0. The van der Waals surface area contributed by atoms with Crippen LogP contribution in [0.2, 0.25) is 0 Å². The number of rotatable bonds is 6. The fourth-order valence-corrected chi connectivity index (χ4v) is 3.37. The zero-order valence-corrected chi connectivity index (χ0v) is 14.6. The van der Waals surface area contributed by atoms with Gasteiger partial charge < -0.3 is 10.2 Å². The average molecular weight is 371 g/mol. The number of benzene rings is 1. The Balaban J connectivity index is 1.86. The number of nitrogens with one attached hydrogen (secondary N) is 2. The lowest BCUT2D eigenvalue weighted by molar-refractivity contribution is 0.248. The van der Waals surface area contributed by atoms with E-state index < -0.39 is 0 Å². The van der Waals surface area contributed by atoms with Crippen LogP contribution in [0.25, 0.3) is 10.2 Å². The van der Waals surface area contributed by atoms with E-state index in [9.17, 15) is 4.79 Å². The number of anilines is 1. The van der Waals surface area contributed by atoms with E-state index in [4.69, 9.17) is 0 Å². The molecule has 0 aliphatic rings. The summed E-state index contributed by atoms with van der Waals surface area (Å²) in [4.78, 5) is 18.5. The van der Waals surface area contributed by atoms with Crippen molar-refractivity contribution in [1.29, 1.82) is 0 Å². The summed E-state index contributed by atoms with van der Waals surface area (Å²) in [5, 5.41) is 6.25. The van der Waals surface area contributed by atoms with Crippen LogP contribution >= 0.6 is 27.3 Å². The van der Waals surface area contributed by atoms with Gasteiger partial charge in [0.25, 0.3) is 0 Å². The molecule has 0 atom stereocenters. The van der Waals surface area contributed by atoms with Crippen molar-refractivity contribution in [3.8, 4) is 0 Å². The normalized spacial score (nSPS) is 11.0. The maximum Gasteiger partial charge on any atom is 0.321 e. The highest BCUT2D eigenvalue weighted by atomic mass is 79.9. The van der Waals surface area contributed by atoms with Gasteiger partial charge in [0.1, 0.15) is 0 Å². The third kappa shape index (κ3) is 4.66. The van der Waals surface area contributed by atoms with Crippen LogP contribution in [0.15, 0.2) is 22.7 Å². The largest absolute Gasteiger partial charge is 0.337 e. The molecule has 21 heavy (non-hydrogen) atoms. The number of thiazole rings is 1. The summed E-state index contributed by atoms with van der Waals surface area (Å²) in [6, 6.07) is 5.66. The Kier molecular flexibility index (Phi) is 5.96. The van der Waals surface area contributed by atoms with E-state index in [0.29, 0.717) is 11.7 Å². The van der Waals surface area contributed by atoms with E-state index in [1.165, 1.54) is 11.3 Å². The molecule has 1 heterocycles. The van der Waals surface area contributed by atoms with E-state index in [1.807, 2.05) is 18.2 Å². The second kappa shape index (κ2) is 7.72. The molecule has 0 spiro atoms. The number of halogens is 1. The summed E-state index contributed by atoms with van der Waals surface area (Å²) in [5.74, 6) is 0. The molecule has 114 valence electrons. The van der Waals surface area contributed by atoms with Gasteiger partial charge in [-0.2, -0.15) is 0 Å². The van der Waals surface area contributed by atoms with Crippen LogP contribution < -0.4 is 10.6 Å². The van der Waals surface area contributed by atoms with Gasteiger partial charge in [-0.05, 0) is 31.3 Å². The minimum Gasteiger partial charge on any atom is -0.337 e. The first-order chi connectivity index (χ1) is 10.1. The molecule has 7 heteroatoms. The van der Waals surface area contributed by atoms with Gasteiger partial charge in [-0.3, -0.25) is 5.32 Å². The molecule has 1 aromatic carbocycles. The van der Waals surface area contributed by atoms with E-state index >= 15 is 0 Å². The number of aromatic nitrogens is 1. The lowest BCUT2D eigenvalue weighted by Gasteiger charge is -2.17. The van der Waals surface area contributed by atoms with Gasteiger partial charge in [-0.15, -0.1) is 0 Å². The van der Waals surface area contributed by atoms with Gasteiger partial charge in [0.2, 0.25) is 0 Å². The van der Waals surface area contributed by atoms with E-state index in [2.05, 4.69) is 50.3 Å². The van der Waals surface area contributed by atoms with Gasteiger partial charge in [0.15, 0.2) is 5.13 Å². The van der Waals surface area contributed by atoms with E-state index in [0.717, 1.165) is 34.3 Å². The number of nitrogens with zero attached hydrogens (tertiary/aromatic N) is 2. The predicted octanol–water partition coefficient (Wildman–Crippen LogP) is 3.52. The molecule has 5 nitrogen and oxygen atoms in total. The molecule has 0 fully saturated rings. The summed E-state index contributed by atoms with van der Waals surface area (Å²) in [6.45, 7) is 7.70. The van der Waals surface area contributed by atoms with Crippen LogP contribution in [0.3, 0.4) is 0 Å². The van der Waals surface area contributed by atoms with E-state index in [1.54, 1.807) is 0 Å². The number of carbonyl (C=O) groups excluding carboxylic acids is 1. The van der Waals surface area contributed by atoms with Crippen LogP contribution in [0, 0.1) is 0 Å². The molecule has 2 aromatic rings. The number of carbonyl (C=O) groups is 1. The standard InChI is InChI=1S/C14H19BrN4OS/c1-3-19(4-2)8-7-16-13(20)18-14-17-11-6-5-10(15)9-12(11)21-14/h5-6,9H,3-4,7-8H2,1-2H3,(H2,16,17,18,20). The first-order valence-electron chi connectivity index (χ1n) is 6.95. The highest BCUT2D eigenvalue weighted by Gasteiger charge is 2.08. The summed E-state index contributed by atoms with van der Waals surface area (Å²) >= 11 is 4.89. The van der Waals surface area contributed by atoms with Gasteiger partial charge >= 0.3 is 6.03 Å². The SMILES string of the molecule is CCN(CC)CCNC(=O)Nc1nc2ccc(Br)cc2s1. The number of urea groups is 1. The molecule has 1 aromatic heterocycles. The molecule has 0 saturated heterocycles. The molecule has 0 saturated carbocycles. The van der Waals surface area contributed by atoms with Crippen molar-refractivity contribution in [2.24, 2.45) is 0 Å². The average Bonchev–Trinajstić information content (AvgIpc) is 2.84. The second-order valence-electron chi connectivity index (χ2n) is 4.54. The maximum atomic E-state index is 11.8. The third-order valence-electron chi connectivity index (χ3n) is 3.18. The lowest BCUT2D eigenvalue weighted by atomic mass is 10.3. The molecule has 0 aliphatic heterocycles. The van der Waals surface area contributed by atoms with E-state index in [-0.39, 0.29) is 6.03 Å². The molecule has 0 bridgehead atoms. The molecular weight excluding hydrogens is 352 g/mol.